The maximum atomic E-state index is 12.0. The van der Waals surface area contributed by atoms with Crippen LogP contribution in [0.5, 0.6) is 0 Å². The Bertz CT molecular complexity index is 299. The van der Waals surface area contributed by atoms with Crippen LogP contribution in [0.2, 0.25) is 5.02 Å². The van der Waals surface area contributed by atoms with E-state index < -0.39 is 11.7 Å². The number of alkyl halides is 3. The summed E-state index contributed by atoms with van der Waals surface area (Å²) in [5, 5.41) is 0.00447. The number of pyridine rings is 1. The summed E-state index contributed by atoms with van der Waals surface area (Å²) in [5.41, 5.74) is -0.831. The second kappa shape index (κ2) is 3.27. The molecule has 0 bridgehead atoms. The van der Waals surface area contributed by atoms with Crippen molar-refractivity contribution >= 4 is 32.9 Å². The Labute approximate surface area is 80.4 Å². The first-order chi connectivity index (χ1) is 5.41. The van der Waals surface area contributed by atoms with E-state index >= 15 is 0 Å². The van der Waals surface area contributed by atoms with Crippen LogP contribution in [0.1, 0.15) is 5.56 Å². The number of halogens is 4. The molecule has 1 heterocycles. The Balaban J connectivity index is 3.14. The van der Waals surface area contributed by atoms with E-state index in [0.717, 1.165) is 12.3 Å². The Morgan fingerprint density at radius 3 is 2.42 bits per heavy atom. The van der Waals surface area contributed by atoms with Gasteiger partial charge in [-0.2, -0.15) is 0 Å². The Hall–Kier alpha value is -0.212. The number of hydrogen-bond donors (Lipinski definition) is 0. The molecular formula is C6H2AsClF3N. The molecule has 1 rings (SSSR count). The molecule has 64 valence electrons. The zero-order chi connectivity index (χ0) is 9.35. The molecule has 12 heavy (non-hydrogen) atoms. The van der Waals surface area contributed by atoms with Crippen molar-refractivity contribution in [2.45, 2.75) is 6.18 Å². The molecule has 0 aromatic carbocycles. The number of aromatic nitrogens is 1. The summed E-state index contributed by atoms with van der Waals surface area (Å²) < 4.78 is 36.3. The molecular weight excluding hydrogens is 253 g/mol. The Kier molecular flexibility index (Phi) is 2.69. The second-order valence-electron chi connectivity index (χ2n) is 2.03. The van der Waals surface area contributed by atoms with Crippen LogP contribution in [-0.4, -0.2) is 21.8 Å². The van der Waals surface area contributed by atoms with Crippen molar-refractivity contribution in [3.8, 4) is 0 Å². The maximum absolute atomic E-state index is 12.0. The molecule has 0 unspecified atom stereocenters. The molecule has 6 heteroatoms. The number of rotatable bonds is 0. The van der Waals surface area contributed by atoms with Gasteiger partial charge in [-0.1, -0.05) is 0 Å². The minimum absolute atomic E-state index is 0.00447. The normalized spacial score (nSPS) is 11.8. The number of hydrogen-bond acceptors (Lipinski definition) is 1. The molecule has 1 aromatic rings. The summed E-state index contributed by atoms with van der Waals surface area (Å²) in [4.78, 5) is 3.47. The van der Waals surface area contributed by atoms with E-state index in [1.807, 2.05) is 16.9 Å². The fourth-order valence-corrected chi connectivity index (χ4v) is 1.01. The van der Waals surface area contributed by atoms with Crippen molar-refractivity contribution < 1.29 is 13.2 Å². The molecule has 0 saturated heterocycles. The molecule has 0 saturated carbocycles. The average molecular weight is 255 g/mol. The summed E-state index contributed by atoms with van der Waals surface area (Å²) in [6.07, 6.45) is -3.63. The Morgan fingerprint density at radius 1 is 1.42 bits per heavy atom. The van der Waals surface area contributed by atoms with Crippen molar-refractivity contribution in [1.29, 1.82) is 0 Å². The van der Waals surface area contributed by atoms with Crippen LogP contribution in [0.3, 0.4) is 0 Å². The van der Waals surface area contributed by atoms with Gasteiger partial charge < -0.3 is 0 Å². The molecule has 1 aromatic heterocycles. The first-order valence-corrected chi connectivity index (χ1v) is 4.14. The van der Waals surface area contributed by atoms with E-state index in [2.05, 4.69) is 4.98 Å². The predicted octanol–water partition coefficient (Wildman–Crippen LogP) is 1.55. The molecule has 0 atom stereocenters. The third-order valence-corrected chi connectivity index (χ3v) is 2.47. The van der Waals surface area contributed by atoms with Crippen LogP contribution in [0.25, 0.3) is 0 Å². The van der Waals surface area contributed by atoms with Crippen molar-refractivity contribution in [1.82, 2.24) is 4.98 Å². The average Bonchev–Trinajstić information content (AvgIpc) is 1.92. The van der Waals surface area contributed by atoms with Crippen LogP contribution in [0.15, 0.2) is 12.3 Å². The van der Waals surface area contributed by atoms with E-state index in [0.29, 0.717) is 4.48 Å². The van der Waals surface area contributed by atoms with E-state index in [1.165, 1.54) is 0 Å². The van der Waals surface area contributed by atoms with Crippen molar-refractivity contribution in [2.24, 2.45) is 0 Å². The van der Waals surface area contributed by atoms with Gasteiger partial charge in [0.15, 0.2) is 0 Å². The van der Waals surface area contributed by atoms with Crippen LogP contribution >= 0.6 is 11.6 Å². The van der Waals surface area contributed by atoms with Gasteiger partial charge in [0.25, 0.3) is 0 Å². The quantitative estimate of drug-likeness (QED) is 0.641. The summed E-state index contributed by atoms with van der Waals surface area (Å²) in [6, 6.07) is 0.849. The van der Waals surface area contributed by atoms with Gasteiger partial charge in [0.05, 0.1) is 0 Å². The van der Waals surface area contributed by atoms with Gasteiger partial charge in [-0.05, 0) is 0 Å². The van der Waals surface area contributed by atoms with Crippen molar-refractivity contribution in [3.63, 3.8) is 0 Å². The molecule has 0 amide bonds. The second-order valence-corrected chi connectivity index (χ2v) is 3.32. The zero-order valence-corrected chi connectivity index (χ0v) is 8.19. The van der Waals surface area contributed by atoms with Crippen LogP contribution < -0.4 is 4.48 Å². The summed E-state index contributed by atoms with van der Waals surface area (Å²) in [6.45, 7) is 0. The van der Waals surface area contributed by atoms with Crippen LogP contribution in [-0.2, 0) is 6.18 Å². The third kappa shape index (κ3) is 2.14. The zero-order valence-electron chi connectivity index (χ0n) is 5.56. The molecule has 1 nitrogen and oxygen atoms in total. The molecule has 0 aliphatic rings. The van der Waals surface area contributed by atoms with Gasteiger partial charge in [0.2, 0.25) is 0 Å². The topological polar surface area (TPSA) is 12.9 Å². The summed E-state index contributed by atoms with van der Waals surface area (Å²) in [5.74, 6) is 0. The van der Waals surface area contributed by atoms with E-state index in [-0.39, 0.29) is 5.02 Å². The monoisotopic (exact) mass is 255 g/mol. The first-order valence-electron chi connectivity index (χ1n) is 2.83. The van der Waals surface area contributed by atoms with Gasteiger partial charge in [-0.15, -0.1) is 0 Å². The number of nitrogens with zero attached hydrogens (tertiary/aromatic N) is 1. The fraction of sp³-hybridized carbons (Fsp3) is 0.167. The van der Waals surface area contributed by atoms with E-state index in [4.69, 9.17) is 11.6 Å². The van der Waals surface area contributed by atoms with Crippen LogP contribution in [0.4, 0.5) is 13.2 Å². The SMILES string of the molecule is FC(F)(F)c1cnc([As])c(Cl)c1. The van der Waals surface area contributed by atoms with Gasteiger partial charge in [0.1, 0.15) is 0 Å². The van der Waals surface area contributed by atoms with Gasteiger partial charge in [-0.3, -0.25) is 0 Å². The fourth-order valence-electron chi connectivity index (χ4n) is 0.586. The molecule has 0 spiro atoms. The Morgan fingerprint density at radius 2 is 2.00 bits per heavy atom. The van der Waals surface area contributed by atoms with Gasteiger partial charge >= 0.3 is 80.1 Å². The molecule has 0 aliphatic carbocycles. The summed E-state index contributed by atoms with van der Waals surface area (Å²) in [7, 11) is 0. The standard InChI is InChI=1S/C6H2AsClF3N/c7-5-4(8)1-3(2-12-5)6(9,10)11/h1-2H. The summed E-state index contributed by atoms with van der Waals surface area (Å²) >= 11 is 7.43. The van der Waals surface area contributed by atoms with Gasteiger partial charge in [0, 0.05) is 0 Å². The van der Waals surface area contributed by atoms with Crippen molar-refractivity contribution in [3.05, 3.63) is 22.8 Å². The van der Waals surface area contributed by atoms with E-state index in [1.54, 1.807) is 0 Å². The molecule has 0 fully saturated rings. The molecule has 2 radical (unpaired) electrons. The van der Waals surface area contributed by atoms with Crippen LogP contribution in [0, 0.1) is 0 Å². The van der Waals surface area contributed by atoms with E-state index in [9.17, 15) is 13.2 Å². The van der Waals surface area contributed by atoms with Crippen molar-refractivity contribution in [2.75, 3.05) is 0 Å². The molecule has 0 aliphatic heterocycles. The third-order valence-electron chi connectivity index (χ3n) is 1.15. The first kappa shape index (κ1) is 9.87. The predicted molar refractivity (Wildman–Crippen MR) is 39.6 cm³/mol. The van der Waals surface area contributed by atoms with Gasteiger partial charge in [-0.25, -0.2) is 0 Å². The molecule has 0 N–H and O–H groups in total. The minimum atomic E-state index is -4.38.